The van der Waals surface area contributed by atoms with Gasteiger partial charge in [-0.15, -0.1) is 0 Å². The molecule has 0 saturated heterocycles. The molecular formula is H13K13. The van der Waals surface area contributed by atoms with Crippen LogP contribution in [0.3, 0.4) is 0 Å². The molecule has 0 rings (SSSR count). The van der Waals surface area contributed by atoms with E-state index < -0.39 is 0 Å². The van der Waals surface area contributed by atoms with E-state index in [4.69, 9.17) is 0 Å². The van der Waals surface area contributed by atoms with E-state index in [0.717, 1.165) is 0 Å². The van der Waals surface area contributed by atoms with Crippen molar-refractivity contribution < 1.29 is 687 Å². The quantitative estimate of drug-likeness (QED) is 0.278. The van der Waals surface area contributed by atoms with E-state index in [0.29, 0.717) is 0 Å². The predicted molar refractivity (Wildman–Crippen MR) is 14.5 cm³/mol. The molecule has 0 bridgehead atoms. The molecule has 0 fully saturated rings. The fraction of sp³-hybridized carbons (Fsp3) is 0. The van der Waals surface area contributed by atoms with Crippen molar-refractivity contribution in [3.63, 3.8) is 0 Å². The summed E-state index contributed by atoms with van der Waals surface area (Å²) in [5, 5.41) is 0. The van der Waals surface area contributed by atoms with Crippen molar-refractivity contribution in [1.29, 1.82) is 0 Å². The van der Waals surface area contributed by atoms with E-state index >= 15 is 0 Å². The molecule has 0 aromatic rings. The largest absolute Gasteiger partial charge is 1.00 e. The van der Waals surface area contributed by atoms with E-state index in [1.54, 1.807) is 0 Å². The Balaban J connectivity index is 0. The molecule has 0 aliphatic carbocycles. The Morgan fingerprint density at radius 1 is 0.154 bits per heavy atom. The molecule has 0 aliphatic rings. The van der Waals surface area contributed by atoms with Gasteiger partial charge in [0.15, 0.2) is 0 Å². The minimum atomic E-state index is 0. The van der Waals surface area contributed by atoms with Crippen LogP contribution in [0.5, 0.6) is 0 Å². The fourth-order valence-electron chi connectivity index (χ4n) is 0. The Labute approximate surface area is 657 Å². The van der Waals surface area contributed by atoms with E-state index in [-0.39, 0.29) is 687 Å². The second-order valence-electron chi connectivity index (χ2n) is 0. The van der Waals surface area contributed by atoms with Gasteiger partial charge in [-0.25, -0.2) is 0 Å². The summed E-state index contributed by atoms with van der Waals surface area (Å²) in [6.07, 6.45) is 0. The van der Waals surface area contributed by atoms with Crippen molar-refractivity contribution in [2.75, 3.05) is 0 Å². The molecule has 0 radical (unpaired) electrons. The molecule has 0 aliphatic heterocycles. The maximum atomic E-state index is 0. The standard InChI is InChI=1S/13K.13H/q13*+1;13*-1. The first-order chi connectivity index (χ1) is 0. The normalized spacial score (nSPS) is 0. The van der Waals surface area contributed by atoms with Crippen LogP contribution in [0.2, 0.25) is 0 Å². The fourth-order valence-corrected chi connectivity index (χ4v) is 0. The summed E-state index contributed by atoms with van der Waals surface area (Å²) in [5.74, 6) is 0. The van der Waals surface area contributed by atoms with E-state index in [9.17, 15) is 0 Å². The predicted octanol–water partition coefficient (Wildman–Crippen LogP) is -37.5. The Morgan fingerprint density at radius 3 is 0.154 bits per heavy atom. The summed E-state index contributed by atoms with van der Waals surface area (Å²) < 4.78 is 0. The van der Waals surface area contributed by atoms with E-state index in [2.05, 4.69) is 0 Å². The van der Waals surface area contributed by atoms with Crippen LogP contribution in [0, 0.1) is 0 Å². The van der Waals surface area contributed by atoms with Gasteiger partial charge in [-0.2, -0.15) is 0 Å². The minimum Gasteiger partial charge on any atom is -1.00 e. The van der Waals surface area contributed by atoms with Gasteiger partial charge in [-0.1, -0.05) is 0 Å². The molecule has 0 aromatic heterocycles. The summed E-state index contributed by atoms with van der Waals surface area (Å²) in [5.41, 5.74) is 0. The molecule has 26 valence electrons. The minimum absolute atomic E-state index is 0. The molecule has 0 atom stereocenters. The Bertz CT molecular complexity index is 26.0. The second kappa shape index (κ2) is 76.6. The van der Waals surface area contributed by atoms with Crippen LogP contribution >= 0.6 is 0 Å². The first kappa shape index (κ1) is 83.8. The molecular weight excluding hydrogens is 508 g/mol. The molecule has 0 heterocycles. The zero-order valence-electron chi connectivity index (χ0n) is 26.0. The maximum Gasteiger partial charge on any atom is 1.00 e. The summed E-state index contributed by atoms with van der Waals surface area (Å²) >= 11 is 0. The first-order valence-corrected chi connectivity index (χ1v) is 0. The summed E-state index contributed by atoms with van der Waals surface area (Å²) in [4.78, 5) is 0. The SMILES string of the molecule is [H-].[H-].[H-].[H-].[H-].[H-].[H-].[H-].[H-].[H-].[H-].[H-].[H-].[K+].[K+].[K+].[K+].[K+].[K+].[K+].[K+].[K+].[K+].[K+].[K+].[K+]. The average Bonchev–Trinajstić information content (AvgIpc) is 0. The van der Waals surface area contributed by atoms with Gasteiger partial charge < -0.3 is 18.5 Å². The van der Waals surface area contributed by atoms with E-state index in [1.165, 1.54) is 0 Å². The topological polar surface area (TPSA) is 0 Å². The van der Waals surface area contributed by atoms with Crippen LogP contribution in [0.15, 0.2) is 0 Å². The van der Waals surface area contributed by atoms with Crippen LogP contribution < -0.4 is 668 Å². The molecule has 0 nitrogen and oxygen atoms in total. The average molecular weight is 521 g/mol. The number of hydrogen-bond donors (Lipinski definition) is 0. The molecule has 13 heteroatoms. The summed E-state index contributed by atoms with van der Waals surface area (Å²) in [6, 6.07) is 0. The van der Waals surface area contributed by atoms with Crippen molar-refractivity contribution in [3.8, 4) is 0 Å². The van der Waals surface area contributed by atoms with Crippen LogP contribution in [0.25, 0.3) is 0 Å². The molecule has 0 spiro atoms. The Hall–Kier alpha value is 21.3. The van der Waals surface area contributed by atoms with Gasteiger partial charge in [0, 0.05) is 0 Å². The number of rotatable bonds is 0. The van der Waals surface area contributed by atoms with Crippen LogP contribution in [0.4, 0.5) is 0 Å². The van der Waals surface area contributed by atoms with Gasteiger partial charge in [0.25, 0.3) is 0 Å². The Morgan fingerprint density at radius 2 is 0.154 bits per heavy atom. The monoisotopic (exact) mass is 520 g/mol. The summed E-state index contributed by atoms with van der Waals surface area (Å²) in [7, 11) is 0. The number of hydrogen-bond acceptors (Lipinski definition) is 0. The van der Waals surface area contributed by atoms with Gasteiger partial charge in [-0.3, -0.25) is 0 Å². The van der Waals surface area contributed by atoms with Gasteiger partial charge in [0.05, 0.1) is 0 Å². The van der Waals surface area contributed by atoms with Crippen molar-refractivity contribution in [2.24, 2.45) is 0 Å². The van der Waals surface area contributed by atoms with E-state index in [1.807, 2.05) is 0 Å². The zero-order valence-corrected chi connectivity index (χ0v) is 53.6. The molecule has 0 N–H and O–H groups in total. The van der Waals surface area contributed by atoms with Crippen LogP contribution in [-0.4, -0.2) is 0 Å². The van der Waals surface area contributed by atoms with Crippen molar-refractivity contribution >= 4 is 0 Å². The second-order valence-corrected chi connectivity index (χ2v) is 0. The molecule has 13 heavy (non-hydrogen) atoms. The Kier molecular flexibility index (Phi) is 494. The third-order valence-electron chi connectivity index (χ3n) is 0. The van der Waals surface area contributed by atoms with Crippen molar-refractivity contribution in [1.82, 2.24) is 0 Å². The smallest absolute Gasteiger partial charge is 1.00 e. The zero-order chi connectivity index (χ0) is 0. The van der Waals surface area contributed by atoms with Crippen molar-refractivity contribution in [3.05, 3.63) is 0 Å². The first-order valence-electron chi connectivity index (χ1n) is 0. The maximum absolute atomic E-state index is 0. The third kappa shape index (κ3) is 71.9. The van der Waals surface area contributed by atoms with Crippen LogP contribution in [0.1, 0.15) is 18.5 Å². The summed E-state index contributed by atoms with van der Waals surface area (Å²) in [6.45, 7) is 0. The van der Waals surface area contributed by atoms with Crippen molar-refractivity contribution in [2.45, 2.75) is 0 Å². The van der Waals surface area contributed by atoms with Gasteiger partial charge in [0.2, 0.25) is 0 Å². The molecule has 0 saturated carbocycles. The van der Waals surface area contributed by atoms with Gasteiger partial charge in [0.1, 0.15) is 0 Å². The van der Waals surface area contributed by atoms with Gasteiger partial charge in [-0.05, 0) is 0 Å². The molecule has 0 aromatic carbocycles. The molecule has 0 amide bonds. The third-order valence-corrected chi connectivity index (χ3v) is 0. The molecule has 0 unspecified atom stereocenters. The van der Waals surface area contributed by atoms with Crippen LogP contribution in [-0.2, 0) is 0 Å². The van der Waals surface area contributed by atoms with Gasteiger partial charge >= 0.3 is 668 Å².